The molecule has 204 valence electrons. The zero-order valence-corrected chi connectivity index (χ0v) is 23.3. The first-order valence-corrected chi connectivity index (χ1v) is 14.2. The maximum atomic E-state index is 13.0. The Morgan fingerprint density at radius 3 is 2.23 bits per heavy atom. The average molecular weight is 525 g/mol. The highest BCUT2D eigenvalue weighted by molar-refractivity contribution is 5.93. The molecule has 4 N–H and O–H groups in total. The molecule has 3 aromatic rings. The molecule has 0 saturated heterocycles. The lowest BCUT2D eigenvalue weighted by molar-refractivity contribution is -0.129. The molecule has 0 aliphatic heterocycles. The molecule has 6 nitrogen and oxygen atoms in total. The summed E-state index contributed by atoms with van der Waals surface area (Å²) in [7, 11) is 0. The van der Waals surface area contributed by atoms with Crippen LogP contribution < -0.4 is 16.4 Å². The molecule has 2 aromatic carbocycles. The first-order chi connectivity index (χ1) is 18.6. The largest absolute Gasteiger partial charge is 0.353 e. The number of hydrogen-bond acceptors (Lipinski definition) is 4. The second-order valence-electron chi connectivity index (χ2n) is 12.4. The molecule has 0 spiro atoms. The normalized spacial score (nSPS) is 20.2. The molecule has 2 aliphatic carbocycles. The quantitative estimate of drug-likeness (QED) is 0.333. The van der Waals surface area contributed by atoms with Gasteiger partial charge in [-0.3, -0.25) is 14.6 Å². The van der Waals surface area contributed by atoms with Crippen molar-refractivity contribution in [2.24, 2.45) is 17.1 Å². The summed E-state index contributed by atoms with van der Waals surface area (Å²) < 4.78 is 0. The molecule has 0 radical (unpaired) electrons. The molecule has 0 bridgehead atoms. The Hall–Kier alpha value is -3.51. The summed E-state index contributed by atoms with van der Waals surface area (Å²) >= 11 is 0. The predicted molar refractivity (Wildman–Crippen MR) is 157 cm³/mol. The van der Waals surface area contributed by atoms with Gasteiger partial charge >= 0.3 is 0 Å². The minimum atomic E-state index is -0.383. The highest BCUT2D eigenvalue weighted by Crippen LogP contribution is 2.43. The third-order valence-electron chi connectivity index (χ3n) is 8.12. The minimum absolute atomic E-state index is 0.00719. The number of rotatable bonds is 7. The van der Waals surface area contributed by atoms with E-state index < -0.39 is 0 Å². The number of nitrogens with two attached hydrogens (primary N) is 1. The topological polar surface area (TPSA) is 97.1 Å². The number of anilines is 1. The molecule has 1 aromatic heterocycles. The van der Waals surface area contributed by atoms with Crippen molar-refractivity contribution in [3.8, 4) is 22.4 Å². The van der Waals surface area contributed by atoms with E-state index in [-0.39, 0.29) is 28.8 Å². The lowest BCUT2D eigenvalue weighted by Gasteiger charge is -2.31. The fraction of sp³-hybridized carbons (Fsp3) is 0.424. The van der Waals surface area contributed by atoms with Gasteiger partial charge in [-0.15, -0.1) is 0 Å². The summed E-state index contributed by atoms with van der Waals surface area (Å²) in [5.74, 6) is 0.424. The van der Waals surface area contributed by atoms with Gasteiger partial charge in [-0.25, -0.2) is 0 Å². The van der Waals surface area contributed by atoms with Crippen molar-refractivity contribution in [3.05, 3.63) is 72.4 Å². The monoisotopic (exact) mass is 524 g/mol. The Morgan fingerprint density at radius 2 is 1.62 bits per heavy atom. The number of amides is 2. The molecule has 2 fully saturated rings. The summed E-state index contributed by atoms with van der Waals surface area (Å²) in [5.41, 5.74) is 11.6. The second kappa shape index (κ2) is 10.9. The molecule has 6 heteroatoms. The number of nitrogens with one attached hydrogen (secondary N) is 2. The van der Waals surface area contributed by atoms with E-state index in [1.54, 1.807) is 6.20 Å². The van der Waals surface area contributed by atoms with E-state index in [0.717, 1.165) is 60.9 Å². The van der Waals surface area contributed by atoms with Crippen molar-refractivity contribution >= 4 is 17.5 Å². The molecule has 2 amide bonds. The van der Waals surface area contributed by atoms with Gasteiger partial charge in [0.25, 0.3) is 0 Å². The van der Waals surface area contributed by atoms with Gasteiger partial charge in [-0.1, -0.05) is 75.4 Å². The van der Waals surface area contributed by atoms with Crippen LogP contribution >= 0.6 is 0 Å². The number of benzene rings is 2. The fourth-order valence-electron chi connectivity index (χ4n) is 5.37. The van der Waals surface area contributed by atoms with Crippen molar-refractivity contribution < 1.29 is 9.59 Å². The van der Waals surface area contributed by atoms with Gasteiger partial charge in [0, 0.05) is 34.5 Å². The van der Waals surface area contributed by atoms with Crippen LogP contribution in [0.15, 0.2) is 66.9 Å². The number of carbonyl (C=O) groups excluding carboxylic acids is 2. The maximum absolute atomic E-state index is 13.0. The second-order valence-corrected chi connectivity index (χ2v) is 12.4. The summed E-state index contributed by atoms with van der Waals surface area (Å²) in [6, 6.07) is 20.8. The molecule has 1 heterocycles. The zero-order valence-electron chi connectivity index (χ0n) is 23.3. The molecular formula is C33H40N4O2. The molecule has 5 rings (SSSR count). The fourth-order valence-corrected chi connectivity index (χ4v) is 5.37. The number of aromatic nitrogens is 1. The van der Waals surface area contributed by atoms with Gasteiger partial charge in [0.05, 0.1) is 17.6 Å². The van der Waals surface area contributed by atoms with Gasteiger partial charge < -0.3 is 16.4 Å². The highest BCUT2D eigenvalue weighted by atomic mass is 16.2. The van der Waals surface area contributed by atoms with Crippen LogP contribution in [-0.4, -0.2) is 22.8 Å². The molecule has 0 unspecified atom stereocenters. The summed E-state index contributed by atoms with van der Waals surface area (Å²) in [5, 5.41) is 6.26. The smallest absolute Gasteiger partial charge is 0.225 e. The van der Waals surface area contributed by atoms with Crippen molar-refractivity contribution in [3.63, 3.8) is 0 Å². The standard InChI is InChI=1S/C33H40N4O2/c1-32(2,3)31(39)37-26-15-9-22(10-16-26)19-29(38)36-27-20-28(23-7-5-4-6-8-23)30(35-21-27)24-11-13-25(14-12-24)33(34)17-18-33/h4-8,11-14,20-22,26H,9-10,15-19,34H2,1-3H3,(H,36,38)(H,37,39)/t22-,26-. The van der Waals surface area contributed by atoms with Gasteiger partial charge in [0.15, 0.2) is 0 Å². The van der Waals surface area contributed by atoms with E-state index in [0.29, 0.717) is 18.0 Å². The van der Waals surface area contributed by atoms with Crippen LogP contribution in [0.5, 0.6) is 0 Å². The number of nitrogens with zero attached hydrogens (tertiary/aromatic N) is 1. The Morgan fingerprint density at radius 1 is 0.949 bits per heavy atom. The number of hydrogen-bond donors (Lipinski definition) is 3. The Labute approximate surface area is 231 Å². The summed E-state index contributed by atoms with van der Waals surface area (Å²) in [4.78, 5) is 30.1. The van der Waals surface area contributed by atoms with Gasteiger partial charge in [0.1, 0.15) is 0 Å². The van der Waals surface area contributed by atoms with Crippen molar-refractivity contribution in [1.82, 2.24) is 10.3 Å². The summed E-state index contributed by atoms with van der Waals surface area (Å²) in [6.07, 6.45) is 8.00. The van der Waals surface area contributed by atoms with E-state index in [4.69, 9.17) is 10.7 Å². The Bertz CT molecular complexity index is 1320. The van der Waals surface area contributed by atoms with Gasteiger partial charge in [0.2, 0.25) is 11.8 Å². The van der Waals surface area contributed by atoms with Crippen LogP contribution in [0.1, 0.15) is 71.3 Å². The van der Waals surface area contributed by atoms with E-state index in [1.165, 1.54) is 5.56 Å². The van der Waals surface area contributed by atoms with Crippen LogP contribution in [0.3, 0.4) is 0 Å². The first-order valence-electron chi connectivity index (χ1n) is 14.2. The van der Waals surface area contributed by atoms with Crippen molar-refractivity contribution in [2.45, 2.75) is 77.3 Å². The number of pyridine rings is 1. The molecule has 2 aliphatic rings. The van der Waals surface area contributed by atoms with Crippen LogP contribution in [0.25, 0.3) is 22.4 Å². The van der Waals surface area contributed by atoms with Crippen molar-refractivity contribution in [2.75, 3.05) is 5.32 Å². The Balaban J connectivity index is 1.25. The van der Waals surface area contributed by atoms with E-state index in [1.807, 2.05) is 45.0 Å². The van der Waals surface area contributed by atoms with Crippen LogP contribution in [0.4, 0.5) is 5.69 Å². The number of carbonyl (C=O) groups is 2. The maximum Gasteiger partial charge on any atom is 0.225 e. The zero-order chi connectivity index (χ0) is 27.6. The third kappa shape index (κ3) is 6.56. The third-order valence-corrected chi connectivity index (χ3v) is 8.12. The molecule has 39 heavy (non-hydrogen) atoms. The average Bonchev–Trinajstić information content (AvgIpc) is 3.68. The van der Waals surface area contributed by atoms with Crippen LogP contribution in [0.2, 0.25) is 0 Å². The highest BCUT2D eigenvalue weighted by Gasteiger charge is 2.39. The van der Waals surface area contributed by atoms with E-state index in [9.17, 15) is 9.59 Å². The van der Waals surface area contributed by atoms with Crippen LogP contribution in [-0.2, 0) is 15.1 Å². The lowest BCUT2D eigenvalue weighted by Crippen LogP contribution is -2.43. The van der Waals surface area contributed by atoms with Crippen molar-refractivity contribution in [1.29, 1.82) is 0 Å². The Kier molecular flexibility index (Phi) is 7.59. The minimum Gasteiger partial charge on any atom is -0.353 e. The first kappa shape index (κ1) is 27.1. The van der Waals surface area contributed by atoms with Gasteiger partial charge in [-0.2, -0.15) is 0 Å². The molecule has 2 saturated carbocycles. The van der Waals surface area contributed by atoms with Gasteiger partial charge in [-0.05, 0) is 61.6 Å². The lowest BCUT2D eigenvalue weighted by atomic mass is 9.83. The predicted octanol–water partition coefficient (Wildman–Crippen LogP) is 6.41. The van der Waals surface area contributed by atoms with E-state index in [2.05, 4.69) is 47.0 Å². The summed E-state index contributed by atoms with van der Waals surface area (Å²) in [6.45, 7) is 5.80. The molecular weight excluding hydrogens is 484 g/mol. The van der Waals surface area contributed by atoms with E-state index >= 15 is 0 Å². The SMILES string of the molecule is CC(C)(C)C(=O)N[C@H]1CC[C@H](CC(=O)Nc2cnc(-c3ccc(C4(N)CC4)cc3)c(-c3ccccc3)c2)CC1. The molecule has 0 atom stereocenters. The van der Waals surface area contributed by atoms with Crippen LogP contribution in [0, 0.1) is 11.3 Å².